The Hall–Kier alpha value is -2.25. The van der Waals surface area contributed by atoms with Crippen LogP contribution in [0.2, 0.25) is 5.15 Å². The number of nitriles is 1. The highest BCUT2D eigenvalue weighted by Gasteiger charge is 2.17. The van der Waals surface area contributed by atoms with Crippen LogP contribution in [0.3, 0.4) is 0 Å². The number of hydrogen-bond donors (Lipinski definition) is 1. The first kappa shape index (κ1) is 15.6. The van der Waals surface area contributed by atoms with Gasteiger partial charge in [-0.1, -0.05) is 11.6 Å². The quantitative estimate of drug-likeness (QED) is 0.804. The van der Waals surface area contributed by atoms with E-state index in [1.54, 1.807) is 12.3 Å². The second-order valence-corrected chi connectivity index (χ2v) is 6.12. The maximum atomic E-state index is 9.22. The van der Waals surface area contributed by atoms with E-state index in [-0.39, 0.29) is 5.15 Å². The van der Waals surface area contributed by atoms with Crippen LogP contribution in [0.15, 0.2) is 30.5 Å². The molecule has 5 heteroatoms. The van der Waals surface area contributed by atoms with Crippen molar-refractivity contribution in [1.82, 2.24) is 4.98 Å². The van der Waals surface area contributed by atoms with Gasteiger partial charge < -0.3 is 10.1 Å². The van der Waals surface area contributed by atoms with Crippen LogP contribution in [0.4, 0.5) is 11.4 Å². The minimum absolute atomic E-state index is 0.205. The van der Waals surface area contributed by atoms with Crippen LogP contribution in [-0.4, -0.2) is 11.1 Å². The van der Waals surface area contributed by atoms with Crippen molar-refractivity contribution in [2.75, 3.05) is 5.32 Å². The smallest absolute Gasteiger partial charge is 0.148 e. The first-order chi connectivity index (χ1) is 11.2. The lowest BCUT2D eigenvalue weighted by atomic mass is 10.1. The van der Waals surface area contributed by atoms with E-state index >= 15 is 0 Å². The molecule has 0 spiro atoms. The lowest BCUT2D eigenvalue weighted by Crippen LogP contribution is -2.11. The lowest BCUT2D eigenvalue weighted by molar-refractivity contribution is 0.210. The molecule has 1 aliphatic rings. The van der Waals surface area contributed by atoms with E-state index in [2.05, 4.69) is 16.4 Å². The molecule has 0 bridgehead atoms. The van der Waals surface area contributed by atoms with Gasteiger partial charge in [0.15, 0.2) is 0 Å². The van der Waals surface area contributed by atoms with Gasteiger partial charge in [0.25, 0.3) is 0 Å². The average molecular weight is 328 g/mol. The standard InChI is InChI=1S/C18H18ClN3O/c1-12-10-14(23-13-4-2-3-5-13)6-7-16(12)22-17-8-9-21-18(19)15(17)11-20/h6-10,13H,2-5H2,1H3,(H,21,22). The van der Waals surface area contributed by atoms with Crippen molar-refractivity contribution in [3.8, 4) is 11.8 Å². The average Bonchev–Trinajstić information content (AvgIpc) is 3.03. The maximum absolute atomic E-state index is 9.22. The van der Waals surface area contributed by atoms with E-state index in [0.717, 1.165) is 29.8 Å². The number of halogens is 1. The summed E-state index contributed by atoms with van der Waals surface area (Å²) < 4.78 is 6.01. The first-order valence-corrected chi connectivity index (χ1v) is 8.14. The molecule has 4 nitrogen and oxygen atoms in total. The number of nitrogens with zero attached hydrogens (tertiary/aromatic N) is 2. The number of hydrogen-bond acceptors (Lipinski definition) is 4. The fraction of sp³-hybridized carbons (Fsp3) is 0.333. The Balaban J connectivity index is 1.79. The van der Waals surface area contributed by atoms with Gasteiger partial charge in [0.05, 0.1) is 11.8 Å². The molecule has 1 aliphatic carbocycles. The van der Waals surface area contributed by atoms with Crippen molar-refractivity contribution in [2.24, 2.45) is 0 Å². The van der Waals surface area contributed by atoms with Gasteiger partial charge in [-0.05, 0) is 62.4 Å². The van der Waals surface area contributed by atoms with Crippen LogP contribution in [0.5, 0.6) is 5.75 Å². The van der Waals surface area contributed by atoms with Crippen molar-refractivity contribution in [3.63, 3.8) is 0 Å². The van der Waals surface area contributed by atoms with Gasteiger partial charge >= 0.3 is 0 Å². The van der Waals surface area contributed by atoms with Gasteiger partial charge in [0.2, 0.25) is 0 Å². The summed E-state index contributed by atoms with van der Waals surface area (Å²) in [6.07, 6.45) is 6.71. The summed E-state index contributed by atoms with van der Waals surface area (Å²) in [7, 11) is 0. The van der Waals surface area contributed by atoms with Crippen LogP contribution in [0.25, 0.3) is 0 Å². The third-order valence-corrected chi connectivity index (χ3v) is 4.38. The molecular formula is C18H18ClN3O. The minimum atomic E-state index is 0.205. The van der Waals surface area contributed by atoms with Gasteiger partial charge in [-0.2, -0.15) is 5.26 Å². The normalized spacial score (nSPS) is 14.5. The highest BCUT2D eigenvalue weighted by Crippen LogP contribution is 2.30. The molecule has 0 radical (unpaired) electrons. The van der Waals surface area contributed by atoms with Gasteiger partial charge in [-0.25, -0.2) is 4.98 Å². The Bertz CT molecular complexity index is 748. The molecule has 0 saturated heterocycles. The number of aryl methyl sites for hydroxylation is 1. The number of nitrogens with one attached hydrogen (secondary N) is 1. The van der Waals surface area contributed by atoms with E-state index < -0.39 is 0 Å². The van der Waals surface area contributed by atoms with Crippen molar-refractivity contribution < 1.29 is 4.74 Å². The third kappa shape index (κ3) is 3.57. The molecule has 0 atom stereocenters. The summed E-state index contributed by atoms with van der Waals surface area (Å²) in [4.78, 5) is 3.93. The zero-order valence-corrected chi connectivity index (χ0v) is 13.7. The van der Waals surface area contributed by atoms with E-state index in [0.29, 0.717) is 17.4 Å². The van der Waals surface area contributed by atoms with Crippen LogP contribution in [0.1, 0.15) is 36.8 Å². The molecule has 2 aromatic rings. The number of ether oxygens (including phenoxy) is 1. The van der Waals surface area contributed by atoms with Gasteiger partial charge in [0, 0.05) is 11.9 Å². The molecule has 1 N–H and O–H groups in total. The topological polar surface area (TPSA) is 57.9 Å². The number of anilines is 2. The zero-order chi connectivity index (χ0) is 16.2. The van der Waals surface area contributed by atoms with Crippen molar-refractivity contribution in [2.45, 2.75) is 38.7 Å². The van der Waals surface area contributed by atoms with Gasteiger partial charge in [0.1, 0.15) is 22.5 Å². The summed E-state index contributed by atoms with van der Waals surface area (Å²) in [6, 6.07) is 9.78. The van der Waals surface area contributed by atoms with E-state index in [1.807, 2.05) is 25.1 Å². The Morgan fingerprint density at radius 1 is 1.26 bits per heavy atom. The van der Waals surface area contributed by atoms with E-state index in [4.69, 9.17) is 16.3 Å². The second-order valence-electron chi connectivity index (χ2n) is 5.76. The molecule has 1 aromatic carbocycles. The lowest BCUT2D eigenvalue weighted by Gasteiger charge is -2.16. The van der Waals surface area contributed by atoms with Gasteiger partial charge in [-0.3, -0.25) is 0 Å². The Kier molecular flexibility index (Phi) is 4.68. The maximum Gasteiger partial charge on any atom is 0.148 e. The molecule has 1 heterocycles. The monoisotopic (exact) mass is 327 g/mol. The molecular weight excluding hydrogens is 310 g/mol. The van der Waals surface area contributed by atoms with E-state index in [1.165, 1.54) is 12.8 Å². The first-order valence-electron chi connectivity index (χ1n) is 7.76. The molecule has 1 aromatic heterocycles. The van der Waals surface area contributed by atoms with Gasteiger partial charge in [-0.15, -0.1) is 0 Å². The highest BCUT2D eigenvalue weighted by atomic mass is 35.5. The molecule has 1 fully saturated rings. The molecule has 0 aliphatic heterocycles. The predicted molar refractivity (Wildman–Crippen MR) is 91.3 cm³/mol. The minimum Gasteiger partial charge on any atom is -0.490 e. The second kappa shape index (κ2) is 6.89. The number of pyridine rings is 1. The third-order valence-electron chi connectivity index (χ3n) is 4.09. The van der Waals surface area contributed by atoms with Crippen molar-refractivity contribution >= 4 is 23.0 Å². The largest absolute Gasteiger partial charge is 0.490 e. The van der Waals surface area contributed by atoms with Crippen molar-refractivity contribution in [1.29, 1.82) is 5.26 Å². The summed E-state index contributed by atoms with van der Waals surface area (Å²) in [6.45, 7) is 2.01. The fourth-order valence-electron chi connectivity index (χ4n) is 2.84. The van der Waals surface area contributed by atoms with Crippen LogP contribution in [-0.2, 0) is 0 Å². The Morgan fingerprint density at radius 2 is 2.04 bits per heavy atom. The highest BCUT2D eigenvalue weighted by molar-refractivity contribution is 6.30. The molecule has 3 rings (SSSR count). The van der Waals surface area contributed by atoms with E-state index in [9.17, 15) is 5.26 Å². The molecule has 0 unspecified atom stereocenters. The molecule has 23 heavy (non-hydrogen) atoms. The summed E-state index contributed by atoms with van der Waals surface area (Å²) in [5.74, 6) is 0.896. The summed E-state index contributed by atoms with van der Waals surface area (Å²) in [5.41, 5.74) is 2.97. The van der Waals surface area contributed by atoms with Crippen LogP contribution in [0, 0.1) is 18.3 Å². The SMILES string of the molecule is Cc1cc(OC2CCCC2)ccc1Nc1ccnc(Cl)c1C#N. The molecule has 118 valence electrons. The summed E-state index contributed by atoms with van der Waals surface area (Å²) >= 11 is 5.96. The zero-order valence-electron chi connectivity index (χ0n) is 13.0. The number of rotatable bonds is 4. The Labute approximate surface area is 141 Å². The predicted octanol–water partition coefficient (Wildman–Crippen LogP) is 4.98. The fourth-order valence-corrected chi connectivity index (χ4v) is 3.04. The Morgan fingerprint density at radius 3 is 2.74 bits per heavy atom. The number of benzene rings is 1. The molecule has 1 saturated carbocycles. The number of aromatic nitrogens is 1. The molecule has 0 amide bonds. The summed E-state index contributed by atoms with van der Waals surface area (Å²) in [5, 5.41) is 12.7. The van der Waals surface area contributed by atoms with Crippen LogP contribution >= 0.6 is 11.6 Å². The van der Waals surface area contributed by atoms with Crippen molar-refractivity contribution in [3.05, 3.63) is 46.7 Å². The van der Waals surface area contributed by atoms with Crippen LogP contribution < -0.4 is 10.1 Å².